The number of rotatable bonds is 4. The third kappa shape index (κ3) is 3.98. The van der Waals surface area contributed by atoms with E-state index in [2.05, 4.69) is 11.2 Å². The van der Waals surface area contributed by atoms with Crippen molar-refractivity contribution in [2.45, 2.75) is 24.9 Å². The highest BCUT2D eigenvalue weighted by molar-refractivity contribution is 5.54. The first-order chi connectivity index (χ1) is 6.29. The van der Waals surface area contributed by atoms with Crippen molar-refractivity contribution in [2.24, 2.45) is 0 Å². The molecule has 1 unspecified atom stereocenters. The van der Waals surface area contributed by atoms with E-state index in [1.165, 1.54) is 5.92 Å². The lowest BCUT2D eigenvalue weighted by molar-refractivity contribution is -0.287. The van der Waals surface area contributed by atoms with Crippen LogP contribution >= 0.6 is 0 Å². The summed E-state index contributed by atoms with van der Waals surface area (Å²) in [5.41, 5.74) is 0. The minimum atomic E-state index is -4.38. The molecule has 0 aliphatic carbocycles. The number of ether oxygens (including phenoxy) is 1. The Morgan fingerprint density at radius 2 is 2.07 bits per heavy atom. The van der Waals surface area contributed by atoms with E-state index >= 15 is 0 Å². The molecule has 0 saturated heterocycles. The number of carbonyl (C=O) groups is 1. The van der Waals surface area contributed by atoms with Gasteiger partial charge in [0.25, 0.3) is 6.16 Å². The Morgan fingerprint density at radius 1 is 1.57 bits per heavy atom. The molecule has 0 aromatic rings. The molecule has 0 radical (unpaired) electrons. The summed E-state index contributed by atoms with van der Waals surface area (Å²) < 4.78 is 51.5. The van der Waals surface area contributed by atoms with Crippen LogP contribution in [0, 0.1) is 12.3 Å². The van der Waals surface area contributed by atoms with Gasteiger partial charge in [0.05, 0.1) is 0 Å². The lowest BCUT2D eigenvalue weighted by atomic mass is 10.1. The monoisotopic (exact) mass is 213 g/mol. The summed E-state index contributed by atoms with van der Waals surface area (Å²) in [6.45, 7) is 0. The van der Waals surface area contributed by atoms with Gasteiger partial charge in [-0.2, -0.15) is 0 Å². The lowest BCUT2D eigenvalue weighted by Crippen LogP contribution is -2.36. The Labute approximate surface area is 76.7 Å². The number of alkyl halides is 4. The predicted octanol–water partition coefficient (Wildman–Crippen LogP) is 0.639. The highest BCUT2D eigenvalue weighted by Gasteiger charge is 2.42. The van der Waals surface area contributed by atoms with Gasteiger partial charge in [-0.1, -0.05) is 5.92 Å². The Balaban J connectivity index is 4.33. The van der Waals surface area contributed by atoms with E-state index in [4.69, 9.17) is 0 Å². The molecule has 0 saturated carbocycles. The molecule has 0 fully saturated rings. The first-order valence-electron chi connectivity index (χ1n) is 3.29. The van der Waals surface area contributed by atoms with Crippen LogP contribution in [0.4, 0.5) is 22.4 Å². The van der Waals surface area contributed by atoms with E-state index in [-0.39, 0.29) is 0 Å². The van der Waals surface area contributed by atoms with Crippen LogP contribution in [-0.4, -0.2) is 24.6 Å². The van der Waals surface area contributed by atoms with Crippen LogP contribution in [0.25, 0.3) is 0 Å². The highest BCUT2D eigenvalue weighted by Crippen LogP contribution is 2.28. The van der Waals surface area contributed by atoms with Gasteiger partial charge in [-0.05, 0) is 0 Å². The van der Waals surface area contributed by atoms with Crippen molar-refractivity contribution in [3.8, 4) is 12.3 Å². The van der Waals surface area contributed by atoms with Gasteiger partial charge in [0.1, 0.15) is 6.10 Å². The van der Waals surface area contributed by atoms with E-state index in [1.54, 1.807) is 0 Å². The van der Waals surface area contributed by atoms with E-state index in [9.17, 15) is 27.5 Å². The van der Waals surface area contributed by atoms with Crippen molar-refractivity contribution in [3.63, 3.8) is 0 Å². The molecular weight excluding hydrogens is 208 g/mol. The number of hydrogen-bond donors (Lipinski definition) is 0. The SMILES string of the molecule is C#CC(CC(F)(F)C(F)F)OC(=O)[O-]. The molecule has 80 valence electrons. The van der Waals surface area contributed by atoms with Crippen LogP contribution in [0.2, 0.25) is 0 Å². The van der Waals surface area contributed by atoms with Gasteiger partial charge in [0, 0.05) is 6.42 Å². The molecule has 0 rings (SSSR count). The molecular formula is C7H5F4O3-. The first kappa shape index (κ1) is 12.6. The average Bonchev–Trinajstić information content (AvgIpc) is 2.01. The minimum absolute atomic E-state index is 1.49. The van der Waals surface area contributed by atoms with Crippen molar-refractivity contribution >= 4 is 6.16 Å². The number of carbonyl (C=O) groups excluding carboxylic acids is 1. The van der Waals surface area contributed by atoms with E-state index in [0.29, 0.717) is 0 Å². The van der Waals surface area contributed by atoms with Gasteiger partial charge in [-0.3, -0.25) is 0 Å². The Bertz CT molecular complexity index is 246. The maximum absolute atomic E-state index is 12.3. The topological polar surface area (TPSA) is 49.4 Å². The Morgan fingerprint density at radius 3 is 2.36 bits per heavy atom. The third-order valence-corrected chi connectivity index (χ3v) is 1.20. The Kier molecular flexibility index (Phi) is 4.21. The summed E-state index contributed by atoms with van der Waals surface area (Å²) >= 11 is 0. The van der Waals surface area contributed by atoms with E-state index in [1.807, 2.05) is 0 Å². The number of hydrogen-bond acceptors (Lipinski definition) is 3. The summed E-state index contributed by atoms with van der Waals surface area (Å²) in [6.07, 6.45) is -5.00. The second-order valence-corrected chi connectivity index (χ2v) is 2.29. The van der Waals surface area contributed by atoms with Gasteiger partial charge in [0.2, 0.25) is 0 Å². The summed E-state index contributed by atoms with van der Waals surface area (Å²) in [4.78, 5) is 9.76. The molecule has 0 aliphatic heterocycles. The number of halogens is 4. The largest absolute Gasteiger partial charge is 0.533 e. The second-order valence-electron chi connectivity index (χ2n) is 2.29. The maximum atomic E-state index is 12.3. The molecule has 0 aromatic heterocycles. The van der Waals surface area contributed by atoms with E-state index < -0.39 is 31.0 Å². The van der Waals surface area contributed by atoms with Crippen molar-refractivity contribution < 1.29 is 32.2 Å². The molecule has 0 N–H and O–H groups in total. The molecule has 0 spiro atoms. The molecule has 14 heavy (non-hydrogen) atoms. The summed E-state index contributed by atoms with van der Waals surface area (Å²) in [6, 6.07) is 0. The van der Waals surface area contributed by atoms with E-state index in [0.717, 1.165) is 0 Å². The maximum Gasteiger partial charge on any atom is 0.310 e. The molecule has 0 bridgehead atoms. The van der Waals surface area contributed by atoms with Crippen LogP contribution in [0.3, 0.4) is 0 Å². The molecule has 1 atom stereocenters. The second kappa shape index (κ2) is 4.69. The molecule has 7 heteroatoms. The van der Waals surface area contributed by atoms with Gasteiger partial charge in [-0.15, -0.1) is 6.42 Å². The van der Waals surface area contributed by atoms with Crippen molar-refractivity contribution in [1.29, 1.82) is 0 Å². The highest BCUT2D eigenvalue weighted by atomic mass is 19.3. The predicted molar refractivity (Wildman–Crippen MR) is 34.7 cm³/mol. The fourth-order valence-corrected chi connectivity index (χ4v) is 0.587. The van der Waals surface area contributed by atoms with Crippen LogP contribution in [0.5, 0.6) is 0 Å². The van der Waals surface area contributed by atoms with Crippen LogP contribution < -0.4 is 5.11 Å². The fraction of sp³-hybridized carbons (Fsp3) is 0.571. The summed E-state index contributed by atoms with van der Waals surface area (Å²) in [7, 11) is 0. The fourth-order valence-electron chi connectivity index (χ4n) is 0.587. The molecule has 3 nitrogen and oxygen atoms in total. The van der Waals surface area contributed by atoms with Gasteiger partial charge in [0.15, 0.2) is 0 Å². The van der Waals surface area contributed by atoms with Crippen molar-refractivity contribution in [1.82, 2.24) is 0 Å². The molecule has 0 aromatic carbocycles. The van der Waals surface area contributed by atoms with Crippen LogP contribution in [-0.2, 0) is 4.74 Å². The standard InChI is InChI=1S/C7H6F4O3/c1-2-4(14-6(12)13)3-7(10,11)5(8)9/h1,4-5H,3H2,(H,12,13)/p-1. The van der Waals surface area contributed by atoms with Gasteiger partial charge in [-0.25, -0.2) is 17.6 Å². The summed E-state index contributed by atoms with van der Waals surface area (Å²) in [5, 5.41) is 9.76. The lowest BCUT2D eigenvalue weighted by Gasteiger charge is -2.22. The number of terminal acetylenes is 1. The zero-order chi connectivity index (χ0) is 11.4. The Hall–Kier alpha value is -1.45. The van der Waals surface area contributed by atoms with Crippen molar-refractivity contribution in [2.75, 3.05) is 0 Å². The third-order valence-electron chi connectivity index (χ3n) is 1.20. The number of carboxylic acid groups (broad SMARTS) is 1. The first-order valence-corrected chi connectivity index (χ1v) is 3.29. The quantitative estimate of drug-likeness (QED) is 0.391. The van der Waals surface area contributed by atoms with Crippen molar-refractivity contribution in [3.05, 3.63) is 0 Å². The smallest absolute Gasteiger partial charge is 0.310 e. The summed E-state index contributed by atoms with van der Waals surface area (Å²) in [5.74, 6) is -2.89. The zero-order valence-corrected chi connectivity index (χ0v) is 6.68. The van der Waals surface area contributed by atoms with Gasteiger partial charge >= 0.3 is 12.3 Å². The molecule has 0 aliphatic rings. The van der Waals surface area contributed by atoms with Gasteiger partial charge < -0.3 is 14.6 Å². The minimum Gasteiger partial charge on any atom is -0.533 e. The van der Waals surface area contributed by atoms with Crippen LogP contribution in [0.15, 0.2) is 0 Å². The molecule has 0 heterocycles. The zero-order valence-electron chi connectivity index (χ0n) is 6.68. The normalized spacial score (nSPS) is 13.4. The average molecular weight is 213 g/mol. The van der Waals surface area contributed by atoms with Crippen LogP contribution in [0.1, 0.15) is 6.42 Å². The molecule has 0 amide bonds.